The zero-order chi connectivity index (χ0) is 19.5. The summed E-state index contributed by atoms with van der Waals surface area (Å²) in [5.41, 5.74) is 0. The lowest BCUT2D eigenvalue weighted by Gasteiger charge is -1.99. The Balaban J connectivity index is 3.87. The first-order valence-corrected chi connectivity index (χ1v) is 9.10. The molecule has 3 N–H and O–H groups in total. The molecule has 0 aliphatic carbocycles. The summed E-state index contributed by atoms with van der Waals surface area (Å²) in [6.07, 6.45) is 24.8. The van der Waals surface area contributed by atoms with Gasteiger partial charge in [-0.2, -0.15) is 0 Å². The second-order valence-electron chi connectivity index (χ2n) is 5.75. The van der Waals surface area contributed by atoms with Crippen LogP contribution in [0.1, 0.15) is 45.4 Å². The lowest BCUT2D eigenvalue weighted by Crippen LogP contribution is -1.98. The number of aliphatic hydroxyl groups is 2. The molecule has 0 bridgehead atoms. The van der Waals surface area contributed by atoms with Crippen molar-refractivity contribution < 1.29 is 20.1 Å². The molecule has 0 spiro atoms. The van der Waals surface area contributed by atoms with E-state index in [1.54, 1.807) is 24.3 Å². The molecule has 0 aliphatic rings. The fourth-order valence-corrected chi connectivity index (χ4v) is 1.90. The molecule has 0 saturated carbocycles. The van der Waals surface area contributed by atoms with E-state index in [4.69, 9.17) is 5.11 Å². The number of aliphatic carboxylic acids is 1. The Kier molecular flexibility index (Phi) is 16.2. The molecule has 4 nitrogen and oxygen atoms in total. The minimum atomic E-state index is -0.787. The second kappa shape index (κ2) is 17.6. The third-order valence-corrected chi connectivity index (χ3v) is 3.29. The van der Waals surface area contributed by atoms with Gasteiger partial charge in [-0.3, -0.25) is 4.79 Å². The Hall–Kier alpha value is -2.17. The molecule has 0 saturated heterocycles. The monoisotopic (exact) mass is 360 g/mol. The van der Waals surface area contributed by atoms with Crippen LogP contribution in [-0.2, 0) is 4.79 Å². The summed E-state index contributed by atoms with van der Waals surface area (Å²) in [6.45, 7) is 2.06. The fraction of sp³-hybridized carbons (Fsp3) is 0.409. The number of carbonyl (C=O) groups is 1. The van der Waals surface area contributed by atoms with Gasteiger partial charge < -0.3 is 15.3 Å². The van der Waals surface area contributed by atoms with E-state index in [0.29, 0.717) is 19.3 Å². The summed E-state index contributed by atoms with van der Waals surface area (Å²) in [6, 6.07) is 0. The van der Waals surface area contributed by atoms with Crippen LogP contribution in [0, 0.1) is 0 Å². The Morgan fingerprint density at radius 2 is 1.35 bits per heavy atom. The summed E-state index contributed by atoms with van der Waals surface area (Å²) in [7, 11) is 0. The van der Waals surface area contributed by atoms with Crippen LogP contribution in [0.3, 0.4) is 0 Å². The van der Waals surface area contributed by atoms with Crippen molar-refractivity contribution in [1.82, 2.24) is 0 Å². The van der Waals surface area contributed by atoms with Crippen LogP contribution in [0.4, 0.5) is 0 Å². The zero-order valence-electron chi connectivity index (χ0n) is 15.6. The molecule has 0 aliphatic heterocycles. The molecule has 4 heteroatoms. The summed E-state index contributed by atoms with van der Waals surface area (Å²) >= 11 is 0. The quantitative estimate of drug-likeness (QED) is 0.315. The highest BCUT2D eigenvalue weighted by Crippen LogP contribution is 2.00. The fourth-order valence-electron chi connectivity index (χ4n) is 1.90. The van der Waals surface area contributed by atoms with Crippen LogP contribution in [0.5, 0.6) is 0 Å². The Morgan fingerprint density at radius 1 is 0.808 bits per heavy atom. The summed E-state index contributed by atoms with van der Waals surface area (Å²) in [5, 5.41) is 28.0. The maximum atomic E-state index is 10.3. The third-order valence-electron chi connectivity index (χ3n) is 3.29. The molecule has 0 unspecified atom stereocenters. The Bertz CT molecular complexity index is 524. The van der Waals surface area contributed by atoms with Crippen LogP contribution in [-0.4, -0.2) is 33.5 Å². The molecule has 0 radical (unpaired) electrons. The standard InChI is InChI=1S/C22H32O4/c1-2-3-10-15-20(23)17-12-8-9-13-18-21(24)16-11-6-4-5-7-14-19-22(25)26/h3,5-13,17-18,20-21,23-24H,2,4,14-16,19H2,1H3,(H,25,26)/t20-,21+/m0/s1. The number of carboxylic acids is 1. The van der Waals surface area contributed by atoms with Gasteiger partial charge in [-0.05, 0) is 32.1 Å². The van der Waals surface area contributed by atoms with Gasteiger partial charge in [0.15, 0.2) is 0 Å². The van der Waals surface area contributed by atoms with Gasteiger partial charge in [0.05, 0.1) is 12.2 Å². The van der Waals surface area contributed by atoms with E-state index in [1.807, 2.05) is 48.6 Å². The van der Waals surface area contributed by atoms with E-state index in [9.17, 15) is 15.0 Å². The molecule has 2 atom stereocenters. The Morgan fingerprint density at radius 3 is 1.88 bits per heavy atom. The third kappa shape index (κ3) is 18.2. The molecule has 0 heterocycles. The van der Waals surface area contributed by atoms with Crippen LogP contribution in [0.15, 0.2) is 72.9 Å². The molecular formula is C22H32O4. The molecule has 0 amide bonds. The summed E-state index contributed by atoms with van der Waals surface area (Å²) < 4.78 is 0. The van der Waals surface area contributed by atoms with Gasteiger partial charge >= 0.3 is 5.97 Å². The van der Waals surface area contributed by atoms with E-state index < -0.39 is 18.2 Å². The van der Waals surface area contributed by atoms with Crippen LogP contribution >= 0.6 is 0 Å². The van der Waals surface area contributed by atoms with E-state index in [0.717, 1.165) is 12.8 Å². The van der Waals surface area contributed by atoms with Crippen molar-refractivity contribution in [3.8, 4) is 0 Å². The van der Waals surface area contributed by atoms with E-state index in [1.165, 1.54) is 0 Å². The Labute approximate surface area is 157 Å². The molecule has 144 valence electrons. The van der Waals surface area contributed by atoms with Crippen LogP contribution in [0.2, 0.25) is 0 Å². The lowest BCUT2D eigenvalue weighted by atomic mass is 10.2. The number of hydrogen-bond donors (Lipinski definition) is 3. The molecular weight excluding hydrogens is 328 g/mol. The van der Waals surface area contributed by atoms with Gasteiger partial charge in [0.1, 0.15) is 0 Å². The first-order valence-electron chi connectivity index (χ1n) is 9.10. The average molecular weight is 360 g/mol. The van der Waals surface area contributed by atoms with Crippen molar-refractivity contribution in [2.45, 2.75) is 57.7 Å². The van der Waals surface area contributed by atoms with E-state index in [2.05, 4.69) is 6.92 Å². The zero-order valence-corrected chi connectivity index (χ0v) is 15.6. The highest BCUT2D eigenvalue weighted by molar-refractivity contribution is 5.66. The molecule has 0 rings (SSSR count). The SMILES string of the molecule is CCC=CC[C@H](O)C=CC=CC=C[C@H](O)CC=CCC=CCCC(=O)O. The van der Waals surface area contributed by atoms with Gasteiger partial charge in [-0.25, -0.2) is 0 Å². The summed E-state index contributed by atoms with van der Waals surface area (Å²) in [4.78, 5) is 10.3. The van der Waals surface area contributed by atoms with Gasteiger partial charge in [0, 0.05) is 6.42 Å². The first-order chi connectivity index (χ1) is 12.6. The van der Waals surface area contributed by atoms with E-state index in [-0.39, 0.29) is 6.42 Å². The van der Waals surface area contributed by atoms with E-state index >= 15 is 0 Å². The van der Waals surface area contributed by atoms with Gasteiger partial charge in [-0.15, -0.1) is 0 Å². The molecule has 0 aromatic heterocycles. The lowest BCUT2D eigenvalue weighted by molar-refractivity contribution is -0.136. The highest BCUT2D eigenvalue weighted by atomic mass is 16.4. The number of carboxylic acid groups (broad SMARTS) is 1. The minimum absolute atomic E-state index is 0.154. The van der Waals surface area contributed by atoms with Crippen molar-refractivity contribution in [3.63, 3.8) is 0 Å². The van der Waals surface area contributed by atoms with Crippen molar-refractivity contribution in [2.75, 3.05) is 0 Å². The maximum Gasteiger partial charge on any atom is 0.303 e. The van der Waals surface area contributed by atoms with Crippen molar-refractivity contribution in [1.29, 1.82) is 0 Å². The predicted octanol–water partition coefficient (Wildman–Crippen LogP) is 4.49. The van der Waals surface area contributed by atoms with Crippen LogP contribution < -0.4 is 0 Å². The van der Waals surface area contributed by atoms with Gasteiger partial charge in [0.2, 0.25) is 0 Å². The largest absolute Gasteiger partial charge is 0.481 e. The number of aliphatic hydroxyl groups excluding tert-OH is 2. The van der Waals surface area contributed by atoms with Crippen molar-refractivity contribution >= 4 is 5.97 Å². The topological polar surface area (TPSA) is 77.8 Å². The molecule has 0 fully saturated rings. The molecule has 26 heavy (non-hydrogen) atoms. The highest BCUT2D eigenvalue weighted by Gasteiger charge is 1.94. The normalized spacial score (nSPS) is 15.5. The smallest absolute Gasteiger partial charge is 0.303 e. The first kappa shape index (κ1) is 23.8. The predicted molar refractivity (Wildman–Crippen MR) is 108 cm³/mol. The number of rotatable bonds is 14. The second-order valence-corrected chi connectivity index (χ2v) is 5.75. The number of hydrogen-bond acceptors (Lipinski definition) is 3. The minimum Gasteiger partial charge on any atom is -0.481 e. The average Bonchev–Trinajstić information content (AvgIpc) is 2.60. The van der Waals surface area contributed by atoms with Crippen LogP contribution in [0.25, 0.3) is 0 Å². The van der Waals surface area contributed by atoms with Gasteiger partial charge in [0.25, 0.3) is 0 Å². The van der Waals surface area contributed by atoms with Crippen molar-refractivity contribution in [3.05, 3.63) is 72.9 Å². The number of allylic oxidation sites excluding steroid dienone is 8. The molecule has 0 aromatic rings. The van der Waals surface area contributed by atoms with Gasteiger partial charge in [-0.1, -0.05) is 79.8 Å². The maximum absolute atomic E-state index is 10.3. The summed E-state index contributed by atoms with van der Waals surface area (Å²) in [5.74, 6) is -0.787. The molecule has 0 aromatic carbocycles. The van der Waals surface area contributed by atoms with Crippen molar-refractivity contribution in [2.24, 2.45) is 0 Å².